The molecule has 4 aromatic carbocycles. The number of benzene rings is 4. The molecule has 0 heterocycles. The molecule has 0 amide bonds. The normalized spacial score (nSPS) is 10.8. The lowest BCUT2D eigenvalue weighted by Crippen LogP contribution is -2.01. The van der Waals surface area contributed by atoms with Crippen molar-refractivity contribution in [1.82, 2.24) is 0 Å². The van der Waals surface area contributed by atoms with Crippen molar-refractivity contribution >= 4 is 10.8 Å². The van der Waals surface area contributed by atoms with Crippen LogP contribution in [0, 0.1) is 29.3 Å². The van der Waals surface area contributed by atoms with Crippen molar-refractivity contribution in [3.8, 4) is 23.0 Å². The first-order chi connectivity index (χ1) is 16.0. The zero-order valence-electron chi connectivity index (χ0n) is 18.8. The maximum absolute atomic E-state index is 14.2. The third-order valence-corrected chi connectivity index (χ3v) is 5.96. The van der Waals surface area contributed by atoms with Crippen LogP contribution in [0.5, 0.6) is 0 Å². The quantitative estimate of drug-likeness (QED) is 0.216. The van der Waals surface area contributed by atoms with E-state index < -0.39 is 17.5 Å². The molecule has 33 heavy (non-hydrogen) atoms. The lowest BCUT2D eigenvalue weighted by molar-refractivity contribution is 0.441. The Morgan fingerprint density at radius 2 is 1.42 bits per heavy atom. The second-order valence-corrected chi connectivity index (χ2v) is 8.12. The SMILES string of the molecule is CCCCc1ccc(-c2ccc(C#Cc3cc(F)c(F)c(F)c3CC)c3ccccc23)cc1. The Hall–Kier alpha value is -3.51. The van der Waals surface area contributed by atoms with E-state index in [0.717, 1.165) is 39.9 Å². The summed E-state index contributed by atoms with van der Waals surface area (Å²) >= 11 is 0. The molecule has 0 spiro atoms. The van der Waals surface area contributed by atoms with Gasteiger partial charge in [-0.25, -0.2) is 13.2 Å². The van der Waals surface area contributed by atoms with Crippen LogP contribution in [0.3, 0.4) is 0 Å². The molecule has 4 aromatic rings. The van der Waals surface area contributed by atoms with E-state index in [0.29, 0.717) is 0 Å². The summed E-state index contributed by atoms with van der Waals surface area (Å²) < 4.78 is 41.6. The summed E-state index contributed by atoms with van der Waals surface area (Å²) in [6, 6.07) is 21.6. The molecule has 0 unspecified atom stereocenters. The van der Waals surface area contributed by atoms with Gasteiger partial charge in [0.25, 0.3) is 0 Å². The van der Waals surface area contributed by atoms with Crippen LogP contribution in [0.15, 0.2) is 66.7 Å². The van der Waals surface area contributed by atoms with Gasteiger partial charge in [-0.1, -0.05) is 86.7 Å². The van der Waals surface area contributed by atoms with Crippen molar-refractivity contribution in [3.05, 3.63) is 106 Å². The van der Waals surface area contributed by atoms with E-state index in [1.807, 2.05) is 30.3 Å². The number of fused-ring (bicyclic) bond motifs is 1. The zero-order chi connectivity index (χ0) is 23.4. The van der Waals surface area contributed by atoms with Gasteiger partial charge in [0.1, 0.15) is 0 Å². The first kappa shape index (κ1) is 22.7. The van der Waals surface area contributed by atoms with E-state index in [4.69, 9.17) is 0 Å². The van der Waals surface area contributed by atoms with Crippen molar-refractivity contribution in [3.63, 3.8) is 0 Å². The van der Waals surface area contributed by atoms with E-state index in [2.05, 4.69) is 49.1 Å². The first-order valence-corrected chi connectivity index (χ1v) is 11.3. The number of hydrogen-bond donors (Lipinski definition) is 0. The molecule has 0 aliphatic rings. The van der Waals surface area contributed by atoms with E-state index >= 15 is 0 Å². The van der Waals surface area contributed by atoms with Crippen LogP contribution in [0.4, 0.5) is 13.2 Å². The number of hydrogen-bond acceptors (Lipinski definition) is 0. The molecular weight excluding hydrogens is 417 g/mol. The second kappa shape index (κ2) is 9.96. The third-order valence-electron chi connectivity index (χ3n) is 5.96. The average molecular weight is 443 g/mol. The lowest BCUT2D eigenvalue weighted by atomic mass is 9.94. The van der Waals surface area contributed by atoms with Gasteiger partial charge in [0.2, 0.25) is 0 Å². The fourth-order valence-corrected chi connectivity index (χ4v) is 4.12. The molecule has 0 saturated heterocycles. The number of unbranched alkanes of at least 4 members (excludes halogenated alkanes) is 1. The summed E-state index contributed by atoms with van der Waals surface area (Å²) in [6.45, 7) is 3.88. The highest BCUT2D eigenvalue weighted by Crippen LogP contribution is 2.31. The monoisotopic (exact) mass is 442 g/mol. The first-order valence-electron chi connectivity index (χ1n) is 11.3. The Kier molecular flexibility index (Phi) is 6.84. The Morgan fingerprint density at radius 3 is 2.12 bits per heavy atom. The summed E-state index contributed by atoms with van der Waals surface area (Å²) in [5.41, 5.74) is 4.57. The van der Waals surface area contributed by atoms with Crippen molar-refractivity contribution in [2.45, 2.75) is 39.5 Å². The van der Waals surface area contributed by atoms with Gasteiger partial charge in [0.05, 0.1) is 0 Å². The minimum Gasteiger partial charge on any atom is -0.204 e. The molecule has 0 aromatic heterocycles. The van der Waals surface area contributed by atoms with Gasteiger partial charge in [-0.2, -0.15) is 0 Å². The molecule has 0 aliphatic heterocycles. The van der Waals surface area contributed by atoms with Crippen LogP contribution >= 0.6 is 0 Å². The molecule has 0 N–H and O–H groups in total. The molecule has 0 bridgehead atoms. The molecule has 0 fully saturated rings. The van der Waals surface area contributed by atoms with Crippen molar-refractivity contribution < 1.29 is 13.2 Å². The number of halogens is 3. The molecule has 0 nitrogen and oxygen atoms in total. The summed E-state index contributed by atoms with van der Waals surface area (Å²) in [7, 11) is 0. The standard InChI is InChI=1S/C30H25F3/c1-3-5-8-20-11-13-21(14-12-20)26-18-17-22(25-9-6-7-10-27(25)26)15-16-23-19-28(31)30(33)29(32)24(23)4-2/h6-7,9-14,17-19H,3-5,8H2,1-2H3. The van der Waals surface area contributed by atoms with Crippen LogP contribution in [-0.2, 0) is 12.8 Å². The molecule has 166 valence electrons. The van der Waals surface area contributed by atoms with Gasteiger partial charge in [0, 0.05) is 16.7 Å². The number of rotatable bonds is 5. The summed E-state index contributed by atoms with van der Waals surface area (Å²) in [5.74, 6) is 2.09. The van der Waals surface area contributed by atoms with Crippen LogP contribution in [0.2, 0.25) is 0 Å². The topological polar surface area (TPSA) is 0 Å². The Labute approximate surface area is 193 Å². The Morgan fingerprint density at radius 1 is 0.727 bits per heavy atom. The fraction of sp³-hybridized carbons (Fsp3) is 0.200. The predicted molar refractivity (Wildman–Crippen MR) is 130 cm³/mol. The molecule has 0 aliphatic carbocycles. The molecule has 0 saturated carbocycles. The molecule has 0 atom stereocenters. The maximum atomic E-state index is 14.2. The van der Waals surface area contributed by atoms with Gasteiger partial charge in [-0.15, -0.1) is 0 Å². The van der Waals surface area contributed by atoms with E-state index in [9.17, 15) is 13.2 Å². The second-order valence-electron chi connectivity index (χ2n) is 8.12. The molecular formula is C30H25F3. The average Bonchev–Trinajstić information content (AvgIpc) is 2.85. The van der Waals surface area contributed by atoms with Crippen LogP contribution < -0.4 is 0 Å². The van der Waals surface area contributed by atoms with Crippen LogP contribution in [-0.4, -0.2) is 0 Å². The Balaban J connectivity index is 1.77. The van der Waals surface area contributed by atoms with Crippen molar-refractivity contribution in [2.75, 3.05) is 0 Å². The lowest BCUT2D eigenvalue weighted by Gasteiger charge is -2.10. The van der Waals surface area contributed by atoms with Crippen molar-refractivity contribution in [1.29, 1.82) is 0 Å². The van der Waals surface area contributed by atoms with Crippen LogP contribution in [0.25, 0.3) is 21.9 Å². The Bertz CT molecular complexity index is 1360. The molecule has 0 radical (unpaired) electrons. The maximum Gasteiger partial charge on any atom is 0.194 e. The molecule has 3 heteroatoms. The van der Waals surface area contributed by atoms with Gasteiger partial charge >= 0.3 is 0 Å². The van der Waals surface area contributed by atoms with Crippen molar-refractivity contribution in [2.24, 2.45) is 0 Å². The molecule has 4 rings (SSSR count). The van der Waals surface area contributed by atoms with Crippen LogP contribution in [0.1, 0.15) is 48.9 Å². The van der Waals surface area contributed by atoms with Gasteiger partial charge in [0.15, 0.2) is 17.5 Å². The van der Waals surface area contributed by atoms with Gasteiger partial charge in [-0.05, 0) is 58.9 Å². The summed E-state index contributed by atoms with van der Waals surface area (Å²) in [5, 5.41) is 2.01. The van der Waals surface area contributed by atoms with E-state index in [-0.39, 0.29) is 17.5 Å². The highest BCUT2D eigenvalue weighted by molar-refractivity contribution is 5.99. The summed E-state index contributed by atoms with van der Waals surface area (Å²) in [4.78, 5) is 0. The van der Waals surface area contributed by atoms with E-state index in [1.165, 1.54) is 18.4 Å². The predicted octanol–water partition coefficient (Wildman–Crippen LogP) is 8.23. The summed E-state index contributed by atoms with van der Waals surface area (Å²) in [6.07, 6.45) is 3.65. The smallest absolute Gasteiger partial charge is 0.194 e. The minimum absolute atomic E-state index is 0.0884. The van der Waals surface area contributed by atoms with E-state index in [1.54, 1.807) is 6.92 Å². The highest BCUT2D eigenvalue weighted by atomic mass is 19.2. The third kappa shape index (κ3) is 4.66. The number of aryl methyl sites for hydroxylation is 1. The fourth-order valence-electron chi connectivity index (χ4n) is 4.12. The van der Waals surface area contributed by atoms with Gasteiger partial charge < -0.3 is 0 Å². The zero-order valence-corrected chi connectivity index (χ0v) is 18.8. The van der Waals surface area contributed by atoms with Gasteiger partial charge in [-0.3, -0.25) is 0 Å². The highest BCUT2D eigenvalue weighted by Gasteiger charge is 2.16. The largest absolute Gasteiger partial charge is 0.204 e. The minimum atomic E-state index is -1.45.